The van der Waals surface area contributed by atoms with Crippen LogP contribution in [-0.2, 0) is 0 Å². The third-order valence-electron chi connectivity index (χ3n) is 2.93. The lowest BCUT2D eigenvalue weighted by Crippen LogP contribution is -1.82. The van der Waals surface area contributed by atoms with Crippen molar-refractivity contribution < 1.29 is 14.6 Å². The maximum Gasteiger partial charge on any atom is 0.312 e. The zero-order valence-corrected chi connectivity index (χ0v) is 12.0. The first-order valence-corrected chi connectivity index (χ1v) is 6.79. The number of benzene rings is 2. The molecule has 2 N–H and O–H groups in total. The molecule has 0 bridgehead atoms. The monoisotopic (exact) mass is 314 g/mol. The molecule has 110 valence electrons. The van der Waals surface area contributed by atoms with E-state index in [1.807, 2.05) is 0 Å². The SMILES string of the molecule is Oc1ccccc1N=Cc1nc(-c2ccc(Cl)cc2)oc1O. The molecule has 2 aromatic carbocycles. The maximum absolute atomic E-state index is 9.79. The normalized spacial score (nSPS) is 11.1. The molecule has 0 atom stereocenters. The number of aromatic hydroxyl groups is 2. The highest BCUT2D eigenvalue weighted by Crippen LogP contribution is 2.28. The molecule has 0 aliphatic rings. The first-order valence-electron chi connectivity index (χ1n) is 6.41. The van der Waals surface area contributed by atoms with Crippen LogP contribution in [0.4, 0.5) is 5.69 Å². The van der Waals surface area contributed by atoms with Gasteiger partial charge in [0.15, 0.2) is 5.69 Å². The summed E-state index contributed by atoms with van der Waals surface area (Å²) >= 11 is 5.82. The van der Waals surface area contributed by atoms with Gasteiger partial charge in [-0.1, -0.05) is 23.7 Å². The summed E-state index contributed by atoms with van der Waals surface area (Å²) in [7, 11) is 0. The molecule has 0 aliphatic heterocycles. The van der Waals surface area contributed by atoms with E-state index in [4.69, 9.17) is 16.0 Å². The number of para-hydroxylation sites is 2. The average Bonchev–Trinajstić information content (AvgIpc) is 2.88. The van der Waals surface area contributed by atoms with Crippen molar-refractivity contribution in [3.63, 3.8) is 0 Å². The summed E-state index contributed by atoms with van der Waals surface area (Å²) in [6.07, 6.45) is 1.33. The number of nitrogens with zero attached hydrogens (tertiary/aromatic N) is 2. The van der Waals surface area contributed by atoms with Gasteiger partial charge in [0.1, 0.15) is 11.4 Å². The van der Waals surface area contributed by atoms with Crippen molar-refractivity contribution in [2.45, 2.75) is 0 Å². The fraction of sp³-hybridized carbons (Fsp3) is 0. The number of phenols is 1. The van der Waals surface area contributed by atoms with Crippen LogP contribution in [0.25, 0.3) is 11.5 Å². The van der Waals surface area contributed by atoms with Crippen LogP contribution in [0.3, 0.4) is 0 Å². The van der Waals surface area contributed by atoms with E-state index in [9.17, 15) is 10.2 Å². The van der Waals surface area contributed by atoms with E-state index >= 15 is 0 Å². The van der Waals surface area contributed by atoms with Gasteiger partial charge in [-0.05, 0) is 36.4 Å². The molecule has 0 aliphatic carbocycles. The van der Waals surface area contributed by atoms with Crippen molar-refractivity contribution >= 4 is 23.5 Å². The highest BCUT2D eigenvalue weighted by atomic mass is 35.5. The fourth-order valence-electron chi connectivity index (χ4n) is 1.83. The lowest BCUT2D eigenvalue weighted by Gasteiger charge is -1.95. The van der Waals surface area contributed by atoms with Gasteiger partial charge in [0.2, 0.25) is 5.89 Å². The minimum Gasteiger partial charge on any atom is -0.506 e. The Kier molecular flexibility index (Phi) is 3.80. The van der Waals surface area contributed by atoms with E-state index in [0.717, 1.165) is 0 Å². The van der Waals surface area contributed by atoms with Crippen molar-refractivity contribution in [2.75, 3.05) is 0 Å². The van der Waals surface area contributed by atoms with Gasteiger partial charge in [-0.25, -0.2) is 4.98 Å². The van der Waals surface area contributed by atoms with Crippen molar-refractivity contribution in [1.29, 1.82) is 0 Å². The van der Waals surface area contributed by atoms with Gasteiger partial charge in [-0.15, -0.1) is 0 Å². The molecule has 0 saturated carbocycles. The number of hydrogen-bond acceptors (Lipinski definition) is 5. The first-order chi connectivity index (χ1) is 10.6. The Balaban J connectivity index is 1.90. The summed E-state index contributed by atoms with van der Waals surface area (Å²) in [5, 5.41) is 20.0. The van der Waals surface area contributed by atoms with E-state index in [1.165, 1.54) is 12.3 Å². The van der Waals surface area contributed by atoms with Crippen LogP contribution in [0.1, 0.15) is 5.69 Å². The van der Waals surface area contributed by atoms with Crippen molar-refractivity contribution in [3.8, 4) is 23.1 Å². The lowest BCUT2D eigenvalue weighted by molar-refractivity contribution is 0.337. The molecule has 1 aromatic heterocycles. The van der Waals surface area contributed by atoms with Crippen LogP contribution in [0.5, 0.6) is 11.7 Å². The lowest BCUT2D eigenvalue weighted by atomic mass is 10.2. The smallest absolute Gasteiger partial charge is 0.312 e. The number of phenolic OH excluding ortho intramolecular Hbond substituents is 1. The zero-order chi connectivity index (χ0) is 15.5. The van der Waals surface area contributed by atoms with Gasteiger partial charge >= 0.3 is 5.95 Å². The predicted molar refractivity (Wildman–Crippen MR) is 84.0 cm³/mol. The molecule has 0 fully saturated rings. The first kappa shape index (κ1) is 14.2. The van der Waals surface area contributed by atoms with Gasteiger partial charge < -0.3 is 14.6 Å². The molecule has 5 nitrogen and oxygen atoms in total. The number of halogens is 1. The Morgan fingerprint density at radius 2 is 1.77 bits per heavy atom. The second-order valence-corrected chi connectivity index (χ2v) is 4.90. The van der Waals surface area contributed by atoms with Gasteiger partial charge in [0.25, 0.3) is 0 Å². The van der Waals surface area contributed by atoms with Crippen LogP contribution < -0.4 is 0 Å². The van der Waals surface area contributed by atoms with Crippen LogP contribution in [-0.4, -0.2) is 21.4 Å². The third kappa shape index (κ3) is 2.94. The summed E-state index contributed by atoms with van der Waals surface area (Å²) in [6.45, 7) is 0. The Morgan fingerprint density at radius 1 is 1.05 bits per heavy atom. The summed E-state index contributed by atoms with van der Waals surface area (Å²) in [5.41, 5.74) is 1.23. The molecule has 1 heterocycles. The summed E-state index contributed by atoms with van der Waals surface area (Å²) in [6, 6.07) is 13.5. The van der Waals surface area contributed by atoms with Crippen LogP contribution >= 0.6 is 11.6 Å². The molecular weight excluding hydrogens is 304 g/mol. The molecule has 0 saturated heterocycles. The van der Waals surface area contributed by atoms with Gasteiger partial charge in [-0.3, -0.25) is 4.99 Å². The van der Waals surface area contributed by atoms with E-state index in [-0.39, 0.29) is 23.3 Å². The average molecular weight is 315 g/mol. The van der Waals surface area contributed by atoms with Gasteiger partial charge in [-0.2, -0.15) is 0 Å². The molecule has 6 heteroatoms. The fourth-order valence-corrected chi connectivity index (χ4v) is 1.95. The van der Waals surface area contributed by atoms with Crippen LogP contribution in [0, 0.1) is 0 Å². The zero-order valence-electron chi connectivity index (χ0n) is 11.3. The summed E-state index contributed by atoms with van der Waals surface area (Å²) in [4.78, 5) is 8.24. The Hall–Kier alpha value is -2.79. The minimum atomic E-state index is -0.343. The molecule has 0 amide bonds. The number of rotatable bonds is 3. The third-order valence-corrected chi connectivity index (χ3v) is 3.19. The molecule has 22 heavy (non-hydrogen) atoms. The summed E-state index contributed by atoms with van der Waals surface area (Å²) in [5.74, 6) is -0.0447. The van der Waals surface area contributed by atoms with E-state index in [0.29, 0.717) is 16.3 Å². The van der Waals surface area contributed by atoms with E-state index < -0.39 is 0 Å². The molecule has 0 spiro atoms. The largest absolute Gasteiger partial charge is 0.506 e. The molecule has 0 unspecified atom stereocenters. The predicted octanol–water partition coefficient (Wildman–Crippen LogP) is 4.16. The molecule has 0 radical (unpaired) electrons. The topological polar surface area (TPSA) is 78.9 Å². The number of hydrogen-bond donors (Lipinski definition) is 2. The highest BCUT2D eigenvalue weighted by Gasteiger charge is 2.12. The highest BCUT2D eigenvalue weighted by molar-refractivity contribution is 6.30. The Bertz CT molecular complexity index is 826. The standard InChI is InChI=1S/C16H11ClN2O3/c17-11-7-5-10(6-8-11)15-19-13(16(21)22-15)9-18-12-3-1-2-4-14(12)20/h1-9,20-21H. The van der Waals surface area contributed by atoms with Crippen LogP contribution in [0.15, 0.2) is 57.9 Å². The van der Waals surface area contributed by atoms with Crippen molar-refractivity contribution in [3.05, 3.63) is 59.2 Å². The Morgan fingerprint density at radius 3 is 2.50 bits per heavy atom. The van der Waals surface area contributed by atoms with Crippen molar-refractivity contribution in [1.82, 2.24) is 4.98 Å². The number of aliphatic imine (C=N–C) groups is 1. The second kappa shape index (κ2) is 5.91. The van der Waals surface area contributed by atoms with Crippen LogP contribution in [0.2, 0.25) is 5.02 Å². The Labute approximate surface area is 131 Å². The van der Waals surface area contributed by atoms with E-state index in [1.54, 1.807) is 42.5 Å². The molecule has 3 rings (SSSR count). The quantitative estimate of drug-likeness (QED) is 0.711. The number of aromatic nitrogens is 1. The van der Waals surface area contributed by atoms with E-state index in [2.05, 4.69) is 9.98 Å². The van der Waals surface area contributed by atoms with Gasteiger partial charge in [0.05, 0.1) is 6.21 Å². The molecule has 3 aromatic rings. The minimum absolute atomic E-state index is 0.0414. The van der Waals surface area contributed by atoms with Crippen molar-refractivity contribution in [2.24, 2.45) is 4.99 Å². The molecular formula is C16H11ClN2O3. The number of oxazole rings is 1. The second-order valence-electron chi connectivity index (χ2n) is 4.46. The van der Waals surface area contributed by atoms with Gasteiger partial charge in [0, 0.05) is 10.6 Å². The summed E-state index contributed by atoms with van der Waals surface area (Å²) < 4.78 is 5.21. The maximum atomic E-state index is 9.79.